The van der Waals surface area contributed by atoms with E-state index < -0.39 is 17.9 Å². The highest BCUT2D eigenvalue weighted by atomic mass is 16.2. The topological polar surface area (TPSA) is 60.9 Å². The monoisotopic (exact) mass is 455 g/mol. The normalized spacial score (nSPS) is 28.7. The van der Waals surface area contributed by atoms with Crippen molar-refractivity contribution in [3.05, 3.63) is 71.8 Å². The molecular formula is C28H29N3O3. The Bertz CT molecular complexity index is 1200. The number of fused-ring (bicyclic) bond motifs is 5. The van der Waals surface area contributed by atoms with E-state index in [1.807, 2.05) is 55.5 Å². The van der Waals surface area contributed by atoms with Crippen molar-refractivity contribution in [1.29, 1.82) is 0 Å². The molecule has 6 nitrogen and oxygen atoms in total. The van der Waals surface area contributed by atoms with E-state index in [1.54, 1.807) is 6.08 Å². The molecule has 0 spiro atoms. The molecule has 0 saturated carbocycles. The third-order valence-electron chi connectivity index (χ3n) is 7.85. The lowest BCUT2D eigenvalue weighted by molar-refractivity contribution is -0.129. The molecule has 4 heterocycles. The summed E-state index contributed by atoms with van der Waals surface area (Å²) in [5.41, 5.74) is 3.90. The average Bonchev–Trinajstić information content (AvgIpc) is 3.23. The van der Waals surface area contributed by atoms with Gasteiger partial charge in [-0.15, -0.1) is 0 Å². The Labute approximate surface area is 199 Å². The summed E-state index contributed by atoms with van der Waals surface area (Å²) in [6.45, 7) is 4.57. The number of amides is 2. The molecule has 0 N–H and O–H groups in total. The maximum Gasteiger partial charge on any atom is 0.239 e. The maximum atomic E-state index is 13.7. The molecule has 2 aromatic carbocycles. The molecule has 174 valence electrons. The highest BCUT2D eigenvalue weighted by Gasteiger charge is 2.64. The van der Waals surface area contributed by atoms with Gasteiger partial charge in [-0.2, -0.15) is 0 Å². The lowest BCUT2D eigenvalue weighted by atomic mass is 9.90. The van der Waals surface area contributed by atoms with Crippen molar-refractivity contribution in [3.8, 4) is 0 Å². The molecule has 2 aromatic rings. The first-order chi connectivity index (χ1) is 16.5. The van der Waals surface area contributed by atoms with Gasteiger partial charge in [-0.05, 0) is 56.0 Å². The van der Waals surface area contributed by atoms with Gasteiger partial charge in [-0.1, -0.05) is 42.0 Å². The molecule has 0 aromatic heterocycles. The number of hydrogen-bond acceptors (Lipinski definition) is 5. The third kappa shape index (κ3) is 3.31. The first-order valence-corrected chi connectivity index (χ1v) is 12.3. The molecule has 6 heteroatoms. The predicted molar refractivity (Wildman–Crippen MR) is 130 cm³/mol. The first kappa shape index (κ1) is 21.3. The van der Waals surface area contributed by atoms with Crippen LogP contribution in [-0.2, 0) is 20.9 Å². The fraction of sp³-hybridized carbons (Fsp3) is 0.393. The molecule has 2 amide bonds. The highest BCUT2D eigenvalue weighted by Crippen LogP contribution is 2.47. The lowest BCUT2D eigenvalue weighted by Crippen LogP contribution is -2.48. The molecule has 2 bridgehead atoms. The van der Waals surface area contributed by atoms with E-state index in [1.165, 1.54) is 11.3 Å². The fourth-order valence-corrected chi connectivity index (χ4v) is 6.33. The van der Waals surface area contributed by atoms with Crippen LogP contribution in [0.15, 0.2) is 60.7 Å². The van der Waals surface area contributed by atoms with Crippen molar-refractivity contribution in [3.63, 3.8) is 0 Å². The number of aryl methyl sites for hydroxylation is 1. The predicted octanol–water partition coefficient (Wildman–Crippen LogP) is 3.48. The Morgan fingerprint density at radius 1 is 0.853 bits per heavy atom. The van der Waals surface area contributed by atoms with Crippen LogP contribution in [0.25, 0.3) is 0 Å². The fourth-order valence-electron chi connectivity index (χ4n) is 6.33. The largest absolute Gasteiger partial charge is 0.371 e. The number of anilines is 2. The summed E-state index contributed by atoms with van der Waals surface area (Å²) in [7, 11) is 0. The van der Waals surface area contributed by atoms with Crippen LogP contribution in [0.2, 0.25) is 0 Å². The summed E-state index contributed by atoms with van der Waals surface area (Å²) in [6, 6.07) is 15.1. The van der Waals surface area contributed by atoms with Gasteiger partial charge in [0.1, 0.15) is 0 Å². The van der Waals surface area contributed by atoms with Crippen LogP contribution in [0.5, 0.6) is 0 Å². The van der Waals surface area contributed by atoms with Gasteiger partial charge in [-0.3, -0.25) is 19.3 Å². The molecular weight excluding hydrogens is 426 g/mol. The van der Waals surface area contributed by atoms with Gasteiger partial charge in [0.15, 0.2) is 5.78 Å². The zero-order valence-corrected chi connectivity index (χ0v) is 19.4. The van der Waals surface area contributed by atoms with Crippen molar-refractivity contribution in [1.82, 2.24) is 4.90 Å². The zero-order chi connectivity index (χ0) is 23.4. The van der Waals surface area contributed by atoms with Gasteiger partial charge in [-0.25, -0.2) is 4.90 Å². The quantitative estimate of drug-likeness (QED) is 0.661. The minimum Gasteiger partial charge on any atom is -0.371 e. The minimum atomic E-state index is -0.636. The smallest absolute Gasteiger partial charge is 0.239 e. The highest BCUT2D eigenvalue weighted by molar-refractivity contribution is 6.24. The van der Waals surface area contributed by atoms with E-state index in [9.17, 15) is 14.4 Å². The molecule has 6 rings (SSSR count). The number of rotatable bonds is 4. The number of benzene rings is 2. The van der Waals surface area contributed by atoms with Crippen LogP contribution < -0.4 is 9.80 Å². The zero-order valence-electron chi connectivity index (χ0n) is 19.4. The Morgan fingerprint density at radius 3 is 2.38 bits per heavy atom. The van der Waals surface area contributed by atoms with Crippen LogP contribution in [0.4, 0.5) is 11.4 Å². The van der Waals surface area contributed by atoms with Gasteiger partial charge < -0.3 is 4.90 Å². The summed E-state index contributed by atoms with van der Waals surface area (Å²) >= 11 is 0. The van der Waals surface area contributed by atoms with Crippen molar-refractivity contribution in [2.75, 3.05) is 22.9 Å². The molecule has 0 aliphatic carbocycles. The minimum absolute atomic E-state index is 0.0820. The van der Waals surface area contributed by atoms with E-state index in [2.05, 4.69) is 15.9 Å². The van der Waals surface area contributed by atoms with Gasteiger partial charge in [0.25, 0.3) is 0 Å². The number of imide groups is 1. The molecule has 3 fully saturated rings. The van der Waals surface area contributed by atoms with E-state index in [0.29, 0.717) is 12.2 Å². The molecule has 4 aliphatic heterocycles. The SMILES string of the molecule is Cc1cccc(CN2[C@@H]3C(=O)C=C[C@H]2[C@@H]2C(=O)N(c4cccc(N5CCCCC5)c4)C(=O)[C@@H]23)c1. The van der Waals surface area contributed by atoms with Crippen LogP contribution in [0, 0.1) is 18.8 Å². The maximum absolute atomic E-state index is 13.7. The summed E-state index contributed by atoms with van der Waals surface area (Å²) in [5, 5.41) is 0. The second-order valence-corrected chi connectivity index (χ2v) is 9.99. The van der Waals surface area contributed by atoms with E-state index >= 15 is 0 Å². The number of piperidine rings is 1. The van der Waals surface area contributed by atoms with Gasteiger partial charge in [0.2, 0.25) is 11.8 Å². The second kappa shape index (κ2) is 8.20. The van der Waals surface area contributed by atoms with Crippen molar-refractivity contribution < 1.29 is 14.4 Å². The molecule has 0 radical (unpaired) electrons. The molecule has 0 unspecified atom stereocenters. The van der Waals surface area contributed by atoms with Crippen LogP contribution in [-0.4, -0.2) is 47.7 Å². The number of nitrogens with zero attached hydrogens (tertiary/aromatic N) is 3. The third-order valence-corrected chi connectivity index (χ3v) is 7.85. The molecule has 3 saturated heterocycles. The number of ketones is 1. The van der Waals surface area contributed by atoms with Crippen LogP contribution in [0.1, 0.15) is 30.4 Å². The van der Waals surface area contributed by atoms with Crippen LogP contribution in [0.3, 0.4) is 0 Å². The van der Waals surface area contributed by atoms with E-state index in [4.69, 9.17) is 0 Å². The van der Waals surface area contributed by atoms with E-state index in [-0.39, 0.29) is 23.6 Å². The molecule has 4 atom stereocenters. The Hall–Kier alpha value is -3.25. The van der Waals surface area contributed by atoms with E-state index in [0.717, 1.165) is 42.7 Å². The van der Waals surface area contributed by atoms with Gasteiger partial charge in [0.05, 0.1) is 23.6 Å². The molecule has 4 aliphatic rings. The summed E-state index contributed by atoms with van der Waals surface area (Å²) in [6.07, 6.45) is 6.96. The van der Waals surface area contributed by atoms with Crippen molar-refractivity contribution >= 4 is 29.0 Å². The number of carbonyl (C=O) groups excluding carboxylic acids is 3. The summed E-state index contributed by atoms with van der Waals surface area (Å²) in [4.78, 5) is 46.1. The standard InChI is InChI=1S/C28H29N3O3/c1-18-7-5-8-19(15-18)17-30-22-11-12-23(32)26(30)25-24(22)27(33)31(28(25)34)21-10-6-9-20(16-21)29-13-3-2-4-14-29/h5-12,15-16,22,24-26H,2-4,13-14,17H2,1H3/t22-,24-,25-,26+/m0/s1. The van der Waals surface area contributed by atoms with Crippen molar-refractivity contribution in [2.45, 2.75) is 44.8 Å². The Kier molecular flexibility index (Phi) is 5.14. The van der Waals surface area contributed by atoms with Gasteiger partial charge in [0, 0.05) is 31.4 Å². The summed E-state index contributed by atoms with van der Waals surface area (Å²) < 4.78 is 0. The van der Waals surface area contributed by atoms with Crippen LogP contribution >= 0.6 is 0 Å². The van der Waals surface area contributed by atoms with Gasteiger partial charge >= 0.3 is 0 Å². The lowest BCUT2D eigenvalue weighted by Gasteiger charge is -2.33. The second-order valence-electron chi connectivity index (χ2n) is 9.99. The average molecular weight is 456 g/mol. The Balaban J connectivity index is 1.31. The first-order valence-electron chi connectivity index (χ1n) is 12.3. The Morgan fingerprint density at radius 2 is 1.59 bits per heavy atom. The van der Waals surface area contributed by atoms with Crippen molar-refractivity contribution in [2.24, 2.45) is 11.8 Å². The molecule has 34 heavy (non-hydrogen) atoms. The number of carbonyl (C=O) groups is 3. The summed E-state index contributed by atoms with van der Waals surface area (Å²) in [5.74, 6) is -1.68. The number of hydrogen-bond donors (Lipinski definition) is 0.